The van der Waals surface area contributed by atoms with Crippen LogP contribution in [-0.2, 0) is 6.54 Å². The van der Waals surface area contributed by atoms with Gasteiger partial charge in [-0.3, -0.25) is 0 Å². The number of nitrogens with zero attached hydrogens (tertiary/aromatic N) is 2. The van der Waals surface area contributed by atoms with Crippen molar-refractivity contribution in [1.29, 1.82) is 0 Å². The highest BCUT2D eigenvalue weighted by Crippen LogP contribution is 2.44. The number of halogens is 2. The first kappa shape index (κ1) is 15.9. The molecular weight excluding hydrogens is 343 g/mol. The zero-order valence-electron chi connectivity index (χ0n) is 13.0. The standard InChI is InChI=1S/C18H18Cl2N4/c19-11-3-4-12(15(20)7-11)14-9-24-6-5-23-18(24)16(13(14)8-21)17(22)10-1-2-10/h3-7,9-10,17H,1-2,8,21-22H2. The Morgan fingerprint density at radius 2 is 2.04 bits per heavy atom. The molecule has 1 aliphatic carbocycles. The Labute approximate surface area is 150 Å². The van der Waals surface area contributed by atoms with Crippen LogP contribution in [0.5, 0.6) is 0 Å². The normalized spacial score (nSPS) is 15.8. The number of fused-ring (bicyclic) bond motifs is 1. The lowest BCUT2D eigenvalue weighted by atomic mass is 9.92. The number of pyridine rings is 1. The zero-order chi connectivity index (χ0) is 16.8. The molecule has 1 aliphatic rings. The third kappa shape index (κ3) is 2.60. The van der Waals surface area contributed by atoms with Gasteiger partial charge in [0, 0.05) is 57.9 Å². The third-order valence-corrected chi connectivity index (χ3v) is 5.26. The summed E-state index contributed by atoms with van der Waals surface area (Å²) in [6.07, 6.45) is 8.04. The van der Waals surface area contributed by atoms with Crippen molar-refractivity contribution in [2.24, 2.45) is 17.4 Å². The second kappa shape index (κ2) is 6.05. The number of benzene rings is 1. The Kier molecular flexibility index (Phi) is 4.01. The van der Waals surface area contributed by atoms with Gasteiger partial charge in [0.15, 0.2) is 0 Å². The van der Waals surface area contributed by atoms with Gasteiger partial charge >= 0.3 is 0 Å². The van der Waals surface area contributed by atoms with Crippen LogP contribution in [0.25, 0.3) is 16.8 Å². The Morgan fingerprint density at radius 1 is 1.25 bits per heavy atom. The molecule has 3 aromatic rings. The topological polar surface area (TPSA) is 69.3 Å². The molecule has 0 radical (unpaired) electrons. The third-order valence-electron chi connectivity index (χ3n) is 4.72. The zero-order valence-corrected chi connectivity index (χ0v) is 14.6. The van der Waals surface area contributed by atoms with Crippen LogP contribution in [0.4, 0.5) is 0 Å². The fraction of sp³-hybridized carbons (Fsp3) is 0.278. The molecular formula is C18H18Cl2N4. The fourth-order valence-corrected chi connectivity index (χ4v) is 3.83. The van der Waals surface area contributed by atoms with E-state index in [4.69, 9.17) is 34.7 Å². The van der Waals surface area contributed by atoms with E-state index < -0.39 is 0 Å². The quantitative estimate of drug-likeness (QED) is 0.733. The molecule has 0 amide bonds. The molecule has 1 unspecified atom stereocenters. The van der Waals surface area contributed by atoms with E-state index in [1.165, 1.54) is 0 Å². The maximum Gasteiger partial charge on any atom is 0.141 e. The van der Waals surface area contributed by atoms with E-state index in [1.807, 2.05) is 28.9 Å². The molecule has 0 aliphatic heterocycles. The predicted molar refractivity (Wildman–Crippen MR) is 98.2 cm³/mol. The van der Waals surface area contributed by atoms with Crippen molar-refractivity contribution in [2.45, 2.75) is 25.4 Å². The van der Waals surface area contributed by atoms with Crippen molar-refractivity contribution >= 4 is 28.8 Å². The van der Waals surface area contributed by atoms with Crippen LogP contribution in [0.3, 0.4) is 0 Å². The van der Waals surface area contributed by atoms with E-state index in [1.54, 1.807) is 12.3 Å². The average molecular weight is 361 g/mol. The number of imidazole rings is 1. The summed E-state index contributed by atoms with van der Waals surface area (Å²) in [6, 6.07) is 5.45. The first-order chi connectivity index (χ1) is 11.6. The second-order valence-electron chi connectivity index (χ2n) is 6.28. The van der Waals surface area contributed by atoms with E-state index >= 15 is 0 Å². The van der Waals surface area contributed by atoms with E-state index in [2.05, 4.69) is 4.98 Å². The van der Waals surface area contributed by atoms with Crippen molar-refractivity contribution < 1.29 is 0 Å². The maximum atomic E-state index is 6.55. The van der Waals surface area contributed by atoms with Gasteiger partial charge in [0.25, 0.3) is 0 Å². The van der Waals surface area contributed by atoms with Crippen LogP contribution in [0.15, 0.2) is 36.8 Å². The minimum atomic E-state index is -0.0560. The maximum absolute atomic E-state index is 6.55. The molecule has 4 rings (SSSR count). The number of aromatic nitrogens is 2. The Bertz CT molecular complexity index is 915. The van der Waals surface area contributed by atoms with E-state index in [9.17, 15) is 0 Å². The van der Waals surface area contributed by atoms with Gasteiger partial charge in [-0.15, -0.1) is 0 Å². The highest BCUT2D eigenvalue weighted by Gasteiger charge is 2.33. The van der Waals surface area contributed by atoms with Gasteiger partial charge in [-0.2, -0.15) is 0 Å². The molecule has 1 fully saturated rings. The van der Waals surface area contributed by atoms with Crippen molar-refractivity contribution in [3.63, 3.8) is 0 Å². The van der Waals surface area contributed by atoms with Crippen molar-refractivity contribution in [3.8, 4) is 11.1 Å². The van der Waals surface area contributed by atoms with E-state index in [0.717, 1.165) is 40.7 Å². The van der Waals surface area contributed by atoms with Crippen molar-refractivity contribution in [1.82, 2.24) is 9.38 Å². The largest absolute Gasteiger partial charge is 0.326 e. The monoisotopic (exact) mass is 360 g/mol. The molecule has 4 nitrogen and oxygen atoms in total. The summed E-state index contributed by atoms with van der Waals surface area (Å²) in [5, 5.41) is 1.21. The summed E-state index contributed by atoms with van der Waals surface area (Å²) in [7, 11) is 0. The molecule has 2 aromatic heterocycles. The van der Waals surface area contributed by atoms with Crippen LogP contribution in [-0.4, -0.2) is 9.38 Å². The van der Waals surface area contributed by atoms with Crippen molar-refractivity contribution in [2.75, 3.05) is 0 Å². The Morgan fingerprint density at radius 3 is 2.71 bits per heavy atom. The highest BCUT2D eigenvalue weighted by atomic mass is 35.5. The summed E-state index contributed by atoms with van der Waals surface area (Å²) in [5.74, 6) is 0.506. The molecule has 24 heavy (non-hydrogen) atoms. The summed E-state index contributed by atoms with van der Waals surface area (Å²) < 4.78 is 2.00. The molecule has 1 aromatic carbocycles. The smallest absolute Gasteiger partial charge is 0.141 e. The minimum absolute atomic E-state index is 0.0560. The van der Waals surface area contributed by atoms with Crippen LogP contribution in [0.2, 0.25) is 10.0 Å². The van der Waals surface area contributed by atoms with Crippen LogP contribution in [0.1, 0.15) is 30.0 Å². The van der Waals surface area contributed by atoms with E-state index in [-0.39, 0.29) is 6.04 Å². The molecule has 0 saturated heterocycles. The molecule has 124 valence electrons. The molecule has 4 N–H and O–H groups in total. The molecule has 2 heterocycles. The van der Waals surface area contributed by atoms with Gasteiger partial charge in [-0.25, -0.2) is 4.98 Å². The first-order valence-corrected chi connectivity index (χ1v) is 8.75. The second-order valence-corrected chi connectivity index (χ2v) is 7.13. The average Bonchev–Trinajstić information content (AvgIpc) is 3.31. The number of nitrogens with two attached hydrogens (primary N) is 2. The van der Waals surface area contributed by atoms with Crippen molar-refractivity contribution in [3.05, 3.63) is 58.0 Å². The van der Waals surface area contributed by atoms with E-state index in [0.29, 0.717) is 22.5 Å². The van der Waals surface area contributed by atoms with Gasteiger partial charge in [0.05, 0.1) is 0 Å². The van der Waals surface area contributed by atoms with Crippen LogP contribution in [0, 0.1) is 5.92 Å². The molecule has 6 heteroatoms. The lowest BCUT2D eigenvalue weighted by molar-refractivity contribution is 0.627. The molecule has 1 saturated carbocycles. The van der Waals surface area contributed by atoms with Crippen LogP contribution < -0.4 is 11.5 Å². The van der Waals surface area contributed by atoms with Crippen LogP contribution >= 0.6 is 23.2 Å². The minimum Gasteiger partial charge on any atom is -0.326 e. The highest BCUT2D eigenvalue weighted by molar-refractivity contribution is 6.36. The Balaban J connectivity index is 2.01. The van der Waals surface area contributed by atoms with Gasteiger partial charge in [-0.1, -0.05) is 29.3 Å². The number of rotatable bonds is 4. The summed E-state index contributed by atoms with van der Waals surface area (Å²) >= 11 is 12.5. The van der Waals surface area contributed by atoms with Gasteiger partial charge in [-0.05, 0) is 36.5 Å². The predicted octanol–water partition coefficient (Wildman–Crippen LogP) is 4.18. The summed E-state index contributed by atoms with van der Waals surface area (Å²) in [6.45, 7) is 0.382. The molecule has 1 atom stereocenters. The molecule has 0 spiro atoms. The van der Waals surface area contributed by atoms with Gasteiger partial charge in [0.1, 0.15) is 5.65 Å². The fourth-order valence-electron chi connectivity index (χ4n) is 3.32. The molecule has 0 bridgehead atoms. The summed E-state index contributed by atoms with van der Waals surface area (Å²) in [4.78, 5) is 4.50. The number of hydrogen-bond acceptors (Lipinski definition) is 3. The summed E-state index contributed by atoms with van der Waals surface area (Å²) in [5.41, 5.74) is 17.5. The first-order valence-electron chi connectivity index (χ1n) is 7.99. The SMILES string of the molecule is NCc1c(-c2ccc(Cl)cc2Cl)cn2ccnc2c1C(N)C1CC1. The lowest BCUT2D eigenvalue weighted by Gasteiger charge is -2.20. The van der Waals surface area contributed by atoms with Gasteiger partial charge in [0.2, 0.25) is 0 Å². The lowest BCUT2D eigenvalue weighted by Crippen LogP contribution is -2.19. The van der Waals surface area contributed by atoms with Gasteiger partial charge < -0.3 is 15.9 Å². The Hall–Kier alpha value is -1.59. The number of hydrogen-bond donors (Lipinski definition) is 2.